The molecule has 2 aromatic rings. The third-order valence-corrected chi connectivity index (χ3v) is 7.16. The molecule has 7 nitrogen and oxygen atoms in total. The van der Waals surface area contributed by atoms with Gasteiger partial charge in [-0.1, -0.05) is 19.3 Å². The number of aromatic nitrogens is 3. The number of likely N-dealkylation sites (tertiary alicyclic amines) is 2. The van der Waals surface area contributed by atoms with Crippen molar-refractivity contribution in [2.45, 2.75) is 57.0 Å². The normalized spacial score (nSPS) is 24.0. The van der Waals surface area contributed by atoms with E-state index in [0.29, 0.717) is 24.7 Å². The summed E-state index contributed by atoms with van der Waals surface area (Å²) in [7, 11) is 0. The highest BCUT2D eigenvalue weighted by molar-refractivity contribution is 5.92. The first-order valence-corrected chi connectivity index (χ1v) is 11.0. The second kappa shape index (κ2) is 7.78. The van der Waals surface area contributed by atoms with Gasteiger partial charge in [0.05, 0.1) is 17.7 Å². The number of carbonyl (C=O) groups excluding carboxylic acids is 2. The number of hydrogen-bond donors (Lipinski definition) is 0. The fourth-order valence-corrected chi connectivity index (χ4v) is 5.68. The largest absolute Gasteiger partial charge is 0.337 e. The van der Waals surface area contributed by atoms with Gasteiger partial charge >= 0.3 is 0 Å². The zero-order chi connectivity index (χ0) is 20.6. The van der Waals surface area contributed by atoms with Crippen LogP contribution in [0.5, 0.6) is 0 Å². The van der Waals surface area contributed by atoms with Crippen molar-refractivity contribution in [3.05, 3.63) is 54.4 Å². The van der Waals surface area contributed by atoms with Gasteiger partial charge in [0.15, 0.2) is 0 Å². The Morgan fingerprint density at radius 3 is 2.37 bits per heavy atom. The number of piperidine rings is 1. The SMILES string of the molecule is O=C(c1cnccn1)N1CCC(N2C(=O)C3(CCCCC3)C2c2ccncc2)CC1. The lowest BCUT2D eigenvalue weighted by molar-refractivity contribution is -0.186. The summed E-state index contributed by atoms with van der Waals surface area (Å²) in [4.78, 5) is 42.4. The van der Waals surface area contributed by atoms with Crippen molar-refractivity contribution >= 4 is 11.8 Å². The van der Waals surface area contributed by atoms with Crippen LogP contribution in [0, 0.1) is 5.41 Å². The van der Waals surface area contributed by atoms with Gasteiger partial charge in [0.2, 0.25) is 5.91 Å². The maximum absolute atomic E-state index is 13.5. The van der Waals surface area contributed by atoms with E-state index in [1.54, 1.807) is 12.4 Å². The molecule has 2 aliphatic heterocycles. The molecule has 2 saturated heterocycles. The van der Waals surface area contributed by atoms with Crippen molar-refractivity contribution in [3.63, 3.8) is 0 Å². The molecule has 156 valence electrons. The topological polar surface area (TPSA) is 79.3 Å². The molecule has 2 amide bonds. The second-order valence-corrected chi connectivity index (χ2v) is 8.73. The monoisotopic (exact) mass is 405 g/mol. The zero-order valence-corrected chi connectivity index (χ0v) is 17.1. The minimum atomic E-state index is -0.230. The van der Waals surface area contributed by atoms with Crippen LogP contribution in [0.4, 0.5) is 0 Å². The van der Waals surface area contributed by atoms with Gasteiger partial charge in [-0.2, -0.15) is 0 Å². The Labute approximate surface area is 176 Å². The average Bonchev–Trinajstić information content (AvgIpc) is 2.83. The molecule has 1 unspecified atom stereocenters. The van der Waals surface area contributed by atoms with Crippen LogP contribution >= 0.6 is 0 Å². The summed E-state index contributed by atoms with van der Waals surface area (Å²) in [6, 6.07) is 4.44. The molecule has 3 fully saturated rings. The van der Waals surface area contributed by atoms with Gasteiger partial charge in [0.25, 0.3) is 5.91 Å². The number of hydrogen-bond acceptors (Lipinski definition) is 5. The molecule has 0 aromatic carbocycles. The Morgan fingerprint density at radius 1 is 0.967 bits per heavy atom. The van der Waals surface area contributed by atoms with Gasteiger partial charge in [0, 0.05) is 43.9 Å². The number of rotatable bonds is 3. The van der Waals surface area contributed by atoms with E-state index < -0.39 is 0 Å². The molecule has 5 rings (SSSR count). The Hall–Kier alpha value is -2.83. The fourth-order valence-electron chi connectivity index (χ4n) is 5.68. The zero-order valence-electron chi connectivity index (χ0n) is 17.1. The summed E-state index contributed by atoms with van der Waals surface area (Å²) < 4.78 is 0. The van der Waals surface area contributed by atoms with Gasteiger partial charge in [0.1, 0.15) is 5.69 Å². The number of β-lactam (4-membered cyclic amide) rings is 1. The summed E-state index contributed by atoms with van der Waals surface area (Å²) >= 11 is 0. The van der Waals surface area contributed by atoms with E-state index in [2.05, 4.69) is 32.0 Å². The first kappa shape index (κ1) is 19.2. The number of carbonyl (C=O) groups is 2. The van der Waals surface area contributed by atoms with Crippen molar-refractivity contribution in [2.24, 2.45) is 5.41 Å². The first-order valence-electron chi connectivity index (χ1n) is 11.0. The first-order chi connectivity index (χ1) is 14.7. The maximum Gasteiger partial charge on any atom is 0.274 e. The van der Waals surface area contributed by atoms with E-state index in [0.717, 1.165) is 38.5 Å². The third-order valence-electron chi connectivity index (χ3n) is 7.16. The van der Waals surface area contributed by atoms with E-state index in [1.807, 2.05) is 17.3 Å². The minimum Gasteiger partial charge on any atom is -0.337 e. The highest BCUT2D eigenvalue weighted by Crippen LogP contribution is 2.59. The smallest absolute Gasteiger partial charge is 0.274 e. The van der Waals surface area contributed by atoms with Crippen LogP contribution in [0.1, 0.15) is 67.0 Å². The molecule has 30 heavy (non-hydrogen) atoms. The van der Waals surface area contributed by atoms with Crippen molar-refractivity contribution < 1.29 is 9.59 Å². The van der Waals surface area contributed by atoms with Crippen LogP contribution in [0.2, 0.25) is 0 Å². The number of pyridine rings is 1. The van der Waals surface area contributed by atoms with Crippen LogP contribution in [-0.4, -0.2) is 55.7 Å². The molecule has 1 spiro atoms. The van der Waals surface area contributed by atoms with Gasteiger partial charge < -0.3 is 9.80 Å². The third kappa shape index (κ3) is 3.07. The van der Waals surface area contributed by atoms with Crippen LogP contribution in [0.3, 0.4) is 0 Å². The van der Waals surface area contributed by atoms with Gasteiger partial charge in [-0.05, 0) is 43.4 Å². The molecule has 0 radical (unpaired) electrons. The van der Waals surface area contributed by atoms with Crippen LogP contribution in [0.15, 0.2) is 43.1 Å². The average molecular weight is 406 g/mol. The predicted molar refractivity (Wildman–Crippen MR) is 110 cm³/mol. The van der Waals surface area contributed by atoms with Crippen molar-refractivity contribution in [1.82, 2.24) is 24.8 Å². The van der Waals surface area contributed by atoms with Crippen LogP contribution in [0.25, 0.3) is 0 Å². The van der Waals surface area contributed by atoms with E-state index in [4.69, 9.17) is 0 Å². The predicted octanol–water partition coefficient (Wildman–Crippen LogP) is 3.01. The van der Waals surface area contributed by atoms with Crippen LogP contribution < -0.4 is 0 Å². The molecule has 2 aromatic heterocycles. The summed E-state index contributed by atoms with van der Waals surface area (Å²) in [5, 5.41) is 0. The van der Waals surface area contributed by atoms with Gasteiger partial charge in [-0.25, -0.2) is 4.98 Å². The second-order valence-electron chi connectivity index (χ2n) is 8.73. The van der Waals surface area contributed by atoms with Crippen molar-refractivity contribution in [2.75, 3.05) is 13.1 Å². The Bertz CT molecular complexity index is 906. The van der Waals surface area contributed by atoms with Crippen molar-refractivity contribution in [3.8, 4) is 0 Å². The molecule has 7 heteroatoms. The highest BCUT2D eigenvalue weighted by atomic mass is 16.2. The molecular formula is C23H27N5O2. The van der Waals surface area contributed by atoms with Crippen molar-refractivity contribution in [1.29, 1.82) is 0 Å². The number of nitrogens with zero attached hydrogens (tertiary/aromatic N) is 5. The lowest BCUT2D eigenvalue weighted by Gasteiger charge is -2.61. The summed E-state index contributed by atoms with van der Waals surface area (Å²) in [5.74, 6) is 0.244. The maximum atomic E-state index is 13.5. The number of amides is 2. The molecule has 1 saturated carbocycles. The van der Waals surface area contributed by atoms with Gasteiger partial charge in [-0.3, -0.25) is 19.6 Å². The Balaban J connectivity index is 1.33. The van der Waals surface area contributed by atoms with Crippen LogP contribution in [-0.2, 0) is 4.79 Å². The lowest BCUT2D eigenvalue weighted by atomic mass is 9.59. The molecule has 3 aliphatic rings. The molecule has 0 N–H and O–H groups in total. The van der Waals surface area contributed by atoms with Gasteiger partial charge in [-0.15, -0.1) is 0 Å². The Kier molecular flexibility index (Phi) is 4.97. The van der Waals surface area contributed by atoms with E-state index >= 15 is 0 Å². The molecule has 0 bridgehead atoms. The standard InChI is InChI=1S/C23H27N5O2/c29-21(19-16-25-12-13-26-19)27-14-6-18(7-15-27)28-20(17-4-10-24-11-5-17)23(22(28)30)8-2-1-3-9-23/h4-5,10-13,16,18,20H,1-3,6-9,14-15H2. The summed E-state index contributed by atoms with van der Waals surface area (Å²) in [5.41, 5.74) is 1.35. The molecule has 1 atom stereocenters. The Morgan fingerprint density at radius 2 is 1.70 bits per heavy atom. The molecular weight excluding hydrogens is 378 g/mol. The minimum absolute atomic E-state index is 0.0779. The molecule has 1 aliphatic carbocycles. The summed E-state index contributed by atoms with van der Waals surface area (Å²) in [6.45, 7) is 1.28. The fraction of sp³-hybridized carbons (Fsp3) is 0.522. The molecule has 4 heterocycles. The lowest BCUT2D eigenvalue weighted by Crippen LogP contribution is -2.67. The highest BCUT2D eigenvalue weighted by Gasteiger charge is 2.62. The quantitative estimate of drug-likeness (QED) is 0.734. The summed E-state index contributed by atoms with van der Waals surface area (Å²) in [6.07, 6.45) is 15.3. The van der Waals surface area contributed by atoms with E-state index in [9.17, 15) is 9.59 Å². The van der Waals surface area contributed by atoms with E-state index in [1.165, 1.54) is 18.2 Å². The van der Waals surface area contributed by atoms with E-state index in [-0.39, 0.29) is 23.4 Å².